The van der Waals surface area contributed by atoms with Crippen LogP contribution in [0.4, 0.5) is 0 Å². The molecule has 0 aliphatic rings. The summed E-state index contributed by atoms with van der Waals surface area (Å²) in [7, 11) is 0. The first-order valence-electron chi connectivity index (χ1n) is 5.80. The standard InChI is InChI=1S/C14H12Br2O2S/c1-2-10-4-6-14(19-10)12(17)8-18-13-5-3-9(15)7-11(13)16/h3-7H,2,8H2,1H3. The van der Waals surface area contributed by atoms with Gasteiger partial charge in [-0.05, 0) is 52.7 Å². The second-order valence-electron chi connectivity index (χ2n) is 3.91. The van der Waals surface area contributed by atoms with E-state index in [1.165, 1.54) is 16.2 Å². The number of aryl methyl sites for hydroxylation is 1. The minimum Gasteiger partial charge on any atom is -0.484 e. The van der Waals surface area contributed by atoms with Crippen LogP contribution in [0.5, 0.6) is 5.75 Å². The summed E-state index contributed by atoms with van der Waals surface area (Å²) in [4.78, 5) is 14.0. The van der Waals surface area contributed by atoms with E-state index in [4.69, 9.17) is 4.74 Å². The maximum absolute atomic E-state index is 12.0. The van der Waals surface area contributed by atoms with Crippen LogP contribution < -0.4 is 4.74 Å². The van der Waals surface area contributed by atoms with Gasteiger partial charge in [0.05, 0.1) is 9.35 Å². The largest absolute Gasteiger partial charge is 0.484 e. The molecule has 0 aliphatic carbocycles. The minimum absolute atomic E-state index is 0.0134. The third kappa shape index (κ3) is 3.91. The van der Waals surface area contributed by atoms with E-state index in [1.807, 2.05) is 30.3 Å². The highest BCUT2D eigenvalue weighted by molar-refractivity contribution is 9.11. The number of ether oxygens (including phenoxy) is 1. The fourth-order valence-corrected chi connectivity index (χ4v) is 3.56. The number of benzene rings is 1. The van der Waals surface area contributed by atoms with Crippen LogP contribution in [0.15, 0.2) is 39.3 Å². The Kier molecular flexibility index (Phi) is 5.19. The van der Waals surface area contributed by atoms with Gasteiger partial charge in [0.2, 0.25) is 5.78 Å². The molecule has 1 aromatic carbocycles. The Morgan fingerprint density at radius 2 is 2.05 bits per heavy atom. The van der Waals surface area contributed by atoms with Crippen molar-refractivity contribution in [3.05, 3.63) is 49.0 Å². The zero-order valence-corrected chi connectivity index (χ0v) is 14.3. The molecular weight excluding hydrogens is 392 g/mol. The molecule has 0 spiro atoms. The van der Waals surface area contributed by atoms with E-state index in [-0.39, 0.29) is 12.4 Å². The third-order valence-corrected chi connectivity index (χ3v) is 4.92. The summed E-state index contributed by atoms with van der Waals surface area (Å²) in [5.74, 6) is 0.684. The van der Waals surface area contributed by atoms with Crippen LogP contribution in [0.1, 0.15) is 21.5 Å². The van der Waals surface area contributed by atoms with E-state index in [1.54, 1.807) is 0 Å². The summed E-state index contributed by atoms with van der Waals surface area (Å²) >= 11 is 8.31. The molecular formula is C14H12Br2O2S. The summed E-state index contributed by atoms with van der Waals surface area (Å²) in [5.41, 5.74) is 0. The molecule has 0 radical (unpaired) electrons. The van der Waals surface area contributed by atoms with Gasteiger partial charge in [-0.2, -0.15) is 0 Å². The first-order valence-corrected chi connectivity index (χ1v) is 8.20. The van der Waals surface area contributed by atoms with Crippen molar-refractivity contribution in [1.29, 1.82) is 0 Å². The molecule has 2 aromatic rings. The van der Waals surface area contributed by atoms with E-state index in [9.17, 15) is 4.79 Å². The smallest absolute Gasteiger partial charge is 0.210 e. The SMILES string of the molecule is CCc1ccc(C(=O)COc2ccc(Br)cc2Br)s1. The topological polar surface area (TPSA) is 26.3 Å². The Labute approximate surface area is 133 Å². The van der Waals surface area contributed by atoms with E-state index in [2.05, 4.69) is 38.8 Å². The second kappa shape index (κ2) is 6.68. The minimum atomic E-state index is 0.0134. The highest BCUT2D eigenvalue weighted by atomic mass is 79.9. The van der Waals surface area contributed by atoms with Crippen LogP contribution in [-0.4, -0.2) is 12.4 Å². The van der Waals surface area contributed by atoms with Gasteiger partial charge in [0, 0.05) is 9.35 Å². The molecule has 1 heterocycles. The van der Waals surface area contributed by atoms with Crippen molar-refractivity contribution < 1.29 is 9.53 Å². The predicted octanol–water partition coefficient (Wildman–Crippen LogP) is 5.10. The van der Waals surface area contributed by atoms with Crippen LogP contribution in [0, 0.1) is 0 Å². The zero-order valence-electron chi connectivity index (χ0n) is 10.3. The predicted molar refractivity (Wildman–Crippen MR) is 85.4 cm³/mol. The van der Waals surface area contributed by atoms with Crippen molar-refractivity contribution in [3.63, 3.8) is 0 Å². The van der Waals surface area contributed by atoms with Crippen LogP contribution in [0.2, 0.25) is 0 Å². The molecule has 19 heavy (non-hydrogen) atoms. The van der Waals surface area contributed by atoms with E-state index in [0.29, 0.717) is 5.75 Å². The van der Waals surface area contributed by atoms with Gasteiger partial charge in [0.1, 0.15) is 5.75 Å². The third-order valence-electron chi connectivity index (χ3n) is 2.54. The lowest BCUT2D eigenvalue weighted by atomic mass is 10.3. The van der Waals surface area contributed by atoms with Gasteiger partial charge in [-0.1, -0.05) is 22.9 Å². The van der Waals surface area contributed by atoms with Crippen molar-refractivity contribution in [2.45, 2.75) is 13.3 Å². The molecule has 2 rings (SSSR count). The molecule has 2 nitrogen and oxygen atoms in total. The lowest BCUT2D eigenvalue weighted by Gasteiger charge is -2.07. The van der Waals surface area contributed by atoms with Crippen LogP contribution in [0.3, 0.4) is 0 Å². The van der Waals surface area contributed by atoms with Crippen molar-refractivity contribution in [3.8, 4) is 5.75 Å². The molecule has 0 saturated carbocycles. The van der Waals surface area contributed by atoms with Crippen molar-refractivity contribution in [2.75, 3.05) is 6.61 Å². The highest BCUT2D eigenvalue weighted by Gasteiger charge is 2.11. The monoisotopic (exact) mass is 402 g/mol. The summed E-state index contributed by atoms with van der Waals surface area (Å²) in [6, 6.07) is 9.46. The summed E-state index contributed by atoms with van der Waals surface area (Å²) in [6.45, 7) is 2.14. The first-order chi connectivity index (χ1) is 9.10. The van der Waals surface area contributed by atoms with Crippen molar-refractivity contribution in [1.82, 2.24) is 0 Å². The molecule has 0 amide bonds. The molecule has 100 valence electrons. The van der Waals surface area contributed by atoms with E-state index >= 15 is 0 Å². The van der Waals surface area contributed by atoms with Gasteiger partial charge in [0.15, 0.2) is 6.61 Å². The lowest BCUT2D eigenvalue weighted by Crippen LogP contribution is -2.10. The molecule has 0 atom stereocenters. The average Bonchev–Trinajstić information content (AvgIpc) is 2.86. The van der Waals surface area contributed by atoms with Gasteiger partial charge in [0.25, 0.3) is 0 Å². The molecule has 1 aromatic heterocycles. The number of hydrogen-bond donors (Lipinski definition) is 0. The van der Waals surface area contributed by atoms with Crippen LogP contribution in [0.25, 0.3) is 0 Å². The normalized spacial score (nSPS) is 10.5. The van der Waals surface area contributed by atoms with Crippen LogP contribution in [-0.2, 0) is 6.42 Å². The van der Waals surface area contributed by atoms with E-state index in [0.717, 1.165) is 20.2 Å². The molecule has 0 N–H and O–H groups in total. The Bertz CT molecular complexity index is 593. The van der Waals surface area contributed by atoms with Gasteiger partial charge < -0.3 is 4.74 Å². The number of halogens is 2. The maximum Gasteiger partial charge on any atom is 0.210 e. The van der Waals surface area contributed by atoms with Crippen molar-refractivity contribution in [2.24, 2.45) is 0 Å². The number of carbonyl (C=O) groups excluding carboxylic acids is 1. The summed E-state index contributed by atoms with van der Waals surface area (Å²) in [6.07, 6.45) is 0.955. The Hall–Kier alpha value is -0.650. The van der Waals surface area contributed by atoms with Gasteiger partial charge in [-0.3, -0.25) is 4.79 Å². The molecule has 0 aliphatic heterocycles. The molecule has 0 bridgehead atoms. The molecule has 5 heteroatoms. The van der Waals surface area contributed by atoms with Crippen LogP contribution >= 0.6 is 43.2 Å². The summed E-state index contributed by atoms with van der Waals surface area (Å²) < 4.78 is 7.33. The average molecular weight is 404 g/mol. The Morgan fingerprint density at radius 3 is 2.68 bits per heavy atom. The highest BCUT2D eigenvalue weighted by Crippen LogP contribution is 2.28. The van der Waals surface area contributed by atoms with E-state index < -0.39 is 0 Å². The number of Topliss-reactive ketones (excluding diaryl/α,β-unsaturated/α-hetero) is 1. The number of ketones is 1. The fraction of sp³-hybridized carbons (Fsp3) is 0.214. The lowest BCUT2D eigenvalue weighted by molar-refractivity contribution is 0.0925. The maximum atomic E-state index is 12.0. The molecule has 0 unspecified atom stereocenters. The second-order valence-corrected chi connectivity index (χ2v) is 6.84. The van der Waals surface area contributed by atoms with Gasteiger partial charge in [-0.15, -0.1) is 11.3 Å². The summed E-state index contributed by atoms with van der Waals surface area (Å²) in [5, 5.41) is 0. The van der Waals surface area contributed by atoms with Crippen molar-refractivity contribution >= 4 is 49.0 Å². The molecule has 0 saturated heterocycles. The quantitative estimate of drug-likeness (QED) is 0.649. The van der Waals surface area contributed by atoms with Gasteiger partial charge >= 0.3 is 0 Å². The Morgan fingerprint density at radius 1 is 1.26 bits per heavy atom. The zero-order chi connectivity index (χ0) is 13.8. The number of thiophene rings is 1. The van der Waals surface area contributed by atoms with Gasteiger partial charge in [-0.25, -0.2) is 0 Å². The number of rotatable bonds is 5. The fourth-order valence-electron chi connectivity index (χ4n) is 1.52. The molecule has 0 fully saturated rings. The first kappa shape index (κ1) is 14.8. The number of carbonyl (C=O) groups is 1. The Balaban J connectivity index is 2.00. The number of hydrogen-bond acceptors (Lipinski definition) is 3.